The molecule has 0 radical (unpaired) electrons. The van der Waals surface area contributed by atoms with E-state index in [4.69, 9.17) is 28.5 Å². The molecule has 0 aliphatic rings. The lowest BCUT2D eigenvalue weighted by atomic mass is 10.1. The van der Waals surface area contributed by atoms with Crippen molar-refractivity contribution in [3.63, 3.8) is 0 Å². The summed E-state index contributed by atoms with van der Waals surface area (Å²) in [6.07, 6.45) is 0. The quantitative estimate of drug-likeness (QED) is 0.594. The number of benzene rings is 2. The summed E-state index contributed by atoms with van der Waals surface area (Å²) in [5, 5.41) is 13.1. The molecule has 0 amide bonds. The molecule has 2 aromatic carbocycles. The Morgan fingerprint density at radius 2 is 1.87 bits per heavy atom. The predicted octanol–water partition coefficient (Wildman–Crippen LogP) is 3.77. The molecule has 0 N–H and O–H groups in total. The van der Waals surface area contributed by atoms with Gasteiger partial charge in [0, 0.05) is 10.6 Å². The van der Waals surface area contributed by atoms with E-state index < -0.39 is 10.1 Å². The van der Waals surface area contributed by atoms with Gasteiger partial charge in [-0.2, -0.15) is 13.7 Å². The average Bonchev–Trinajstić information content (AvgIpc) is 2.50. The van der Waals surface area contributed by atoms with Crippen molar-refractivity contribution < 1.29 is 12.7 Å². The van der Waals surface area contributed by atoms with Crippen molar-refractivity contribution in [2.24, 2.45) is 5.16 Å². The van der Waals surface area contributed by atoms with E-state index in [0.29, 0.717) is 10.6 Å². The second-order valence-corrected chi connectivity index (χ2v) is 6.83. The average molecular weight is 369 g/mol. The Morgan fingerprint density at radius 3 is 2.48 bits per heavy atom. The lowest BCUT2D eigenvalue weighted by molar-refractivity contribution is 0.339. The molecule has 0 aliphatic carbocycles. The van der Waals surface area contributed by atoms with E-state index in [9.17, 15) is 8.42 Å². The minimum Gasteiger partial charge on any atom is -0.267 e. The van der Waals surface area contributed by atoms with Crippen LogP contribution in [0, 0.1) is 11.3 Å². The summed E-state index contributed by atoms with van der Waals surface area (Å²) < 4.78 is 28.4. The third-order valence-corrected chi connectivity index (χ3v) is 4.26. The van der Waals surface area contributed by atoms with E-state index in [0.717, 1.165) is 0 Å². The van der Waals surface area contributed by atoms with Gasteiger partial charge < -0.3 is 0 Å². The molecular weight excluding hydrogens is 359 g/mol. The number of nitrogens with zero attached hydrogens (tertiary/aromatic N) is 2. The van der Waals surface area contributed by atoms with Crippen LogP contribution in [0.15, 0.2) is 53.7 Å². The Morgan fingerprint density at radius 1 is 1.17 bits per heavy atom. The SMILES string of the molecule is N#CC(=NOS(=O)(=O)Cc1ccccc1)c1ccc(Cl)cc1Cl. The van der Waals surface area contributed by atoms with Crippen LogP contribution in [0.25, 0.3) is 0 Å². The van der Waals surface area contributed by atoms with Crippen LogP contribution in [-0.2, 0) is 20.2 Å². The van der Waals surface area contributed by atoms with Crippen molar-refractivity contribution in [1.82, 2.24) is 0 Å². The first kappa shape index (κ1) is 17.3. The van der Waals surface area contributed by atoms with Crippen molar-refractivity contribution in [1.29, 1.82) is 5.26 Å². The number of oxime groups is 1. The van der Waals surface area contributed by atoms with Crippen molar-refractivity contribution in [3.05, 3.63) is 69.7 Å². The molecule has 23 heavy (non-hydrogen) atoms. The minimum atomic E-state index is -3.98. The smallest absolute Gasteiger partial charge is 0.267 e. The van der Waals surface area contributed by atoms with Crippen LogP contribution >= 0.6 is 23.2 Å². The molecule has 0 heterocycles. The summed E-state index contributed by atoms with van der Waals surface area (Å²) in [5.74, 6) is -0.357. The van der Waals surface area contributed by atoms with Gasteiger partial charge in [-0.05, 0) is 23.8 Å². The molecular formula is C15H10Cl2N2O3S. The number of nitriles is 1. The normalized spacial score (nSPS) is 11.8. The van der Waals surface area contributed by atoms with Gasteiger partial charge in [0.2, 0.25) is 0 Å². The topological polar surface area (TPSA) is 79.5 Å². The van der Waals surface area contributed by atoms with E-state index in [1.807, 2.05) is 0 Å². The fourth-order valence-corrected chi connectivity index (χ4v) is 3.05. The van der Waals surface area contributed by atoms with Gasteiger partial charge in [-0.1, -0.05) is 58.7 Å². The Kier molecular flexibility index (Phi) is 5.61. The summed E-state index contributed by atoms with van der Waals surface area (Å²) >= 11 is 11.7. The van der Waals surface area contributed by atoms with Gasteiger partial charge in [0.15, 0.2) is 5.71 Å². The third-order valence-electron chi connectivity index (χ3n) is 2.72. The van der Waals surface area contributed by atoms with Crippen molar-refractivity contribution in [2.75, 3.05) is 0 Å². The molecule has 2 aromatic rings. The summed E-state index contributed by atoms with van der Waals surface area (Å²) in [5.41, 5.74) is 0.516. The highest BCUT2D eigenvalue weighted by Crippen LogP contribution is 2.22. The zero-order valence-electron chi connectivity index (χ0n) is 11.6. The molecule has 2 rings (SSSR count). The van der Waals surface area contributed by atoms with Crippen molar-refractivity contribution >= 4 is 39.0 Å². The predicted molar refractivity (Wildman–Crippen MR) is 88.8 cm³/mol. The van der Waals surface area contributed by atoms with E-state index in [1.165, 1.54) is 18.2 Å². The Bertz CT molecular complexity index is 875. The molecule has 5 nitrogen and oxygen atoms in total. The maximum absolute atomic E-state index is 11.9. The molecule has 8 heteroatoms. The largest absolute Gasteiger partial charge is 0.332 e. The van der Waals surface area contributed by atoms with Gasteiger partial charge in [-0.25, -0.2) is 0 Å². The Labute approximate surface area is 143 Å². The zero-order chi connectivity index (χ0) is 16.9. The van der Waals surface area contributed by atoms with Crippen LogP contribution in [0.4, 0.5) is 0 Å². The maximum atomic E-state index is 11.9. The Balaban J connectivity index is 2.21. The number of rotatable bonds is 5. The molecule has 118 valence electrons. The second kappa shape index (κ2) is 7.47. The van der Waals surface area contributed by atoms with E-state index in [2.05, 4.69) is 9.44 Å². The van der Waals surface area contributed by atoms with Crippen molar-refractivity contribution in [2.45, 2.75) is 5.75 Å². The lowest BCUT2D eigenvalue weighted by Gasteiger charge is -2.04. The summed E-state index contributed by atoms with van der Waals surface area (Å²) in [4.78, 5) is 0. The van der Waals surface area contributed by atoms with Crippen LogP contribution in [0.5, 0.6) is 0 Å². The summed E-state index contributed by atoms with van der Waals surface area (Å²) in [7, 11) is -3.98. The van der Waals surface area contributed by atoms with Crippen LogP contribution in [0.2, 0.25) is 10.0 Å². The van der Waals surface area contributed by atoms with Gasteiger partial charge in [0.1, 0.15) is 11.8 Å². The van der Waals surface area contributed by atoms with Crippen LogP contribution in [0.1, 0.15) is 11.1 Å². The molecule has 0 aromatic heterocycles. The number of halogens is 2. The first-order chi connectivity index (χ1) is 10.9. The fourth-order valence-electron chi connectivity index (χ4n) is 1.71. The Hall–Kier alpha value is -2.07. The molecule has 0 saturated carbocycles. The van der Waals surface area contributed by atoms with Gasteiger partial charge in [0.05, 0.1) is 5.02 Å². The number of hydrogen-bond acceptors (Lipinski definition) is 5. The van der Waals surface area contributed by atoms with Gasteiger partial charge >= 0.3 is 10.1 Å². The van der Waals surface area contributed by atoms with Crippen molar-refractivity contribution in [3.8, 4) is 6.07 Å². The standard InChI is InChI=1S/C15H10Cl2N2O3S/c16-12-6-7-13(14(17)8-12)15(9-18)19-22-23(20,21)10-11-4-2-1-3-5-11/h1-8H,10H2. The molecule has 0 aliphatic heterocycles. The summed E-state index contributed by atoms with van der Waals surface area (Å²) in [6.45, 7) is 0. The summed E-state index contributed by atoms with van der Waals surface area (Å²) in [6, 6.07) is 14.6. The fraction of sp³-hybridized carbons (Fsp3) is 0.0667. The highest BCUT2D eigenvalue weighted by Gasteiger charge is 2.15. The van der Waals surface area contributed by atoms with Gasteiger partial charge in [-0.3, -0.25) is 4.28 Å². The van der Waals surface area contributed by atoms with E-state index in [-0.39, 0.29) is 22.1 Å². The zero-order valence-corrected chi connectivity index (χ0v) is 13.9. The molecule has 0 saturated heterocycles. The third kappa shape index (κ3) is 4.96. The maximum Gasteiger partial charge on any atom is 0.332 e. The monoisotopic (exact) mass is 368 g/mol. The first-order valence-electron chi connectivity index (χ1n) is 6.30. The lowest BCUT2D eigenvalue weighted by Crippen LogP contribution is -2.08. The van der Waals surface area contributed by atoms with Gasteiger partial charge in [-0.15, -0.1) is 0 Å². The highest BCUT2D eigenvalue weighted by atomic mass is 35.5. The second-order valence-electron chi connectivity index (χ2n) is 4.44. The van der Waals surface area contributed by atoms with Crippen LogP contribution in [0.3, 0.4) is 0 Å². The molecule has 0 spiro atoms. The van der Waals surface area contributed by atoms with Crippen LogP contribution in [-0.4, -0.2) is 14.1 Å². The molecule has 0 bridgehead atoms. The molecule has 0 atom stereocenters. The van der Waals surface area contributed by atoms with Gasteiger partial charge in [0.25, 0.3) is 0 Å². The van der Waals surface area contributed by atoms with Crippen LogP contribution < -0.4 is 0 Å². The highest BCUT2D eigenvalue weighted by molar-refractivity contribution is 7.85. The molecule has 0 unspecified atom stereocenters. The number of hydrogen-bond donors (Lipinski definition) is 0. The first-order valence-corrected chi connectivity index (χ1v) is 8.63. The minimum absolute atomic E-state index is 0.168. The van der Waals surface area contributed by atoms with E-state index >= 15 is 0 Å². The van der Waals surface area contributed by atoms with E-state index in [1.54, 1.807) is 36.4 Å². The molecule has 0 fully saturated rings.